The quantitative estimate of drug-likeness (QED) is 0.343. The van der Waals surface area contributed by atoms with Crippen LogP contribution < -0.4 is 5.43 Å². The van der Waals surface area contributed by atoms with E-state index in [4.69, 9.17) is 16.0 Å². The molecule has 154 valence electrons. The van der Waals surface area contributed by atoms with Gasteiger partial charge in [-0.1, -0.05) is 63.9 Å². The third kappa shape index (κ3) is 3.27. The Labute approximate surface area is 190 Å². The molecule has 0 bridgehead atoms. The van der Waals surface area contributed by atoms with Crippen LogP contribution in [0.3, 0.4) is 0 Å². The maximum Gasteiger partial charge on any atom is 0.291 e. The molecule has 1 aromatic heterocycles. The average Bonchev–Trinajstić information content (AvgIpc) is 3.03. The first kappa shape index (κ1) is 20.0. The van der Waals surface area contributed by atoms with Crippen molar-refractivity contribution in [1.82, 2.24) is 4.90 Å². The van der Waals surface area contributed by atoms with E-state index in [0.717, 1.165) is 0 Å². The fraction of sp³-hybridized carbons (Fsp3) is 0.0833. The Bertz CT molecular complexity index is 1420. The molecule has 3 aromatic carbocycles. The van der Waals surface area contributed by atoms with Crippen molar-refractivity contribution in [1.29, 1.82) is 0 Å². The van der Waals surface area contributed by atoms with Crippen LogP contribution in [0.15, 0.2) is 80.4 Å². The van der Waals surface area contributed by atoms with Crippen LogP contribution in [0.1, 0.15) is 33.3 Å². The predicted molar refractivity (Wildman–Crippen MR) is 120 cm³/mol. The van der Waals surface area contributed by atoms with Crippen molar-refractivity contribution in [3.05, 3.63) is 115 Å². The highest BCUT2D eigenvalue weighted by Crippen LogP contribution is 2.40. The van der Waals surface area contributed by atoms with E-state index in [1.165, 1.54) is 11.0 Å². The highest BCUT2D eigenvalue weighted by molar-refractivity contribution is 9.10. The molecule has 4 nitrogen and oxygen atoms in total. The Morgan fingerprint density at radius 1 is 1.03 bits per heavy atom. The molecular formula is C24H14BrClFNO3. The van der Waals surface area contributed by atoms with Crippen LogP contribution in [0.2, 0.25) is 5.02 Å². The van der Waals surface area contributed by atoms with Gasteiger partial charge >= 0.3 is 0 Å². The molecule has 1 amide bonds. The molecule has 0 saturated heterocycles. The molecule has 0 fully saturated rings. The molecule has 5 rings (SSSR count). The van der Waals surface area contributed by atoms with Gasteiger partial charge < -0.3 is 9.32 Å². The second kappa shape index (κ2) is 7.62. The number of rotatable bonds is 3. The summed E-state index contributed by atoms with van der Waals surface area (Å²) in [4.78, 5) is 28.3. The number of amides is 1. The van der Waals surface area contributed by atoms with Crippen molar-refractivity contribution in [3.63, 3.8) is 0 Å². The first-order valence-corrected chi connectivity index (χ1v) is 10.7. The van der Waals surface area contributed by atoms with Crippen molar-refractivity contribution < 1.29 is 13.6 Å². The van der Waals surface area contributed by atoms with Crippen LogP contribution in [-0.4, -0.2) is 10.8 Å². The molecule has 1 atom stereocenters. The van der Waals surface area contributed by atoms with E-state index < -0.39 is 17.8 Å². The highest BCUT2D eigenvalue weighted by atomic mass is 79.9. The van der Waals surface area contributed by atoms with E-state index in [-0.39, 0.29) is 28.9 Å². The van der Waals surface area contributed by atoms with Crippen LogP contribution in [0.4, 0.5) is 4.39 Å². The Morgan fingerprint density at radius 2 is 1.77 bits per heavy atom. The van der Waals surface area contributed by atoms with Crippen molar-refractivity contribution in [3.8, 4) is 0 Å². The number of fused-ring (bicyclic) bond motifs is 2. The Kier molecular flexibility index (Phi) is 4.91. The van der Waals surface area contributed by atoms with Crippen molar-refractivity contribution >= 4 is 44.4 Å². The van der Waals surface area contributed by atoms with Gasteiger partial charge in [-0.3, -0.25) is 9.59 Å². The number of carbonyl (C=O) groups is 1. The fourth-order valence-electron chi connectivity index (χ4n) is 3.99. The molecule has 2 heterocycles. The van der Waals surface area contributed by atoms with Gasteiger partial charge in [-0.2, -0.15) is 0 Å². The molecule has 1 aliphatic heterocycles. The number of hydrogen-bond acceptors (Lipinski definition) is 3. The molecule has 1 unspecified atom stereocenters. The van der Waals surface area contributed by atoms with E-state index in [1.807, 2.05) is 6.07 Å². The zero-order chi connectivity index (χ0) is 21.7. The standard InChI is InChI=1S/C24H14BrClFNO3/c25-14-9-10-19-16(11-14)22(29)20-21(15-6-2-4-8-18(15)27)28(24(30)23(20)31-19)12-13-5-1-3-7-17(13)26/h1-11,21H,12H2. The molecule has 0 aliphatic carbocycles. The fourth-order valence-corrected chi connectivity index (χ4v) is 4.54. The first-order chi connectivity index (χ1) is 15.0. The van der Waals surface area contributed by atoms with E-state index >= 15 is 0 Å². The minimum Gasteiger partial charge on any atom is -0.450 e. The monoisotopic (exact) mass is 497 g/mol. The molecular weight excluding hydrogens is 485 g/mol. The average molecular weight is 499 g/mol. The molecule has 31 heavy (non-hydrogen) atoms. The predicted octanol–water partition coefficient (Wildman–Crippen LogP) is 6.09. The largest absolute Gasteiger partial charge is 0.450 e. The summed E-state index contributed by atoms with van der Waals surface area (Å²) in [6.45, 7) is 0.0984. The smallest absolute Gasteiger partial charge is 0.291 e. The molecule has 1 aliphatic rings. The second-order valence-electron chi connectivity index (χ2n) is 7.26. The zero-order valence-electron chi connectivity index (χ0n) is 15.9. The third-order valence-corrected chi connectivity index (χ3v) is 6.29. The summed E-state index contributed by atoms with van der Waals surface area (Å²) < 4.78 is 21.4. The van der Waals surface area contributed by atoms with Gasteiger partial charge in [-0.25, -0.2) is 4.39 Å². The lowest BCUT2D eigenvalue weighted by Gasteiger charge is -2.26. The number of hydrogen-bond donors (Lipinski definition) is 0. The molecule has 0 spiro atoms. The van der Waals surface area contributed by atoms with Gasteiger partial charge in [0.2, 0.25) is 5.76 Å². The van der Waals surface area contributed by atoms with Crippen molar-refractivity contribution in [2.24, 2.45) is 0 Å². The Balaban J connectivity index is 1.77. The summed E-state index contributed by atoms with van der Waals surface area (Å²) in [5.74, 6) is -1.06. The minimum absolute atomic E-state index is 0.0693. The zero-order valence-corrected chi connectivity index (χ0v) is 18.3. The minimum atomic E-state index is -0.931. The van der Waals surface area contributed by atoms with Gasteiger partial charge in [-0.05, 0) is 35.9 Å². The van der Waals surface area contributed by atoms with Crippen LogP contribution in [0.25, 0.3) is 11.0 Å². The van der Waals surface area contributed by atoms with E-state index in [1.54, 1.807) is 54.6 Å². The molecule has 0 N–H and O–H groups in total. The maximum atomic E-state index is 14.9. The topological polar surface area (TPSA) is 50.5 Å². The summed E-state index contributed by atoms with van der Waals surface area (Å²) in [6.07, 6.45) is 0. The summed E-state index contributed by atoms with van der Waals surface area (Å²) >= 11 is 9.68. The van der Waals surface area contributed by atoms with E-state index in [9.17, 15) is 14.0 Å². The van der Waals surface area contributed by atoms with Gasteiger partial charge in [0.15, 0.2) is 5.43 Å². The molecule has 0 radical (unpaired) electrons. The van der Waals surface area contributed by atoms with Gasteiger partial charge in [0, 0.05) is 21.6 Å². The normalized spacial score (nSPS) is 15.5. The van der Waals surface area contributed by atoms with Crippen molar-refractivity contribution in [2.75, 3.05) is 0 Å². The van der Waals surface area contributed by atoms with Gasteiger partial charge in [0.25, 0.3) is 5.91 Å². The second-order valence-corrected chi connectivity index (χ2v) is 8.59. The lowest BCUT2D eigenvalue weighted by Crippen LogP contribution is -2.30. The lowest BCUT2D eigenvalue weighted by atomic mass is 9.98. The number of benzene rings is 3. The van der Waals surface area contributed by atoms with Gasteiger partial charge in [0.1, 0.15) is 11.4 Å². The molecule has 4 aromatic rings. The summed E-state index contributed by atoms with van der Waals surface area (Å²) in [7, 11) is 0. The van der Waals surface area contributed by atoms with Crippen LogP contribution in [-0.2, 0) is 6.54 Å². The lowest BCUT2D eigenvalue weighted by molar-refractivity contribution is 0.0712. The van der Waals surface area contributed by atoms with Gasteiger partial charge in [0.05, 0.1) is 17.0 Å². The van der Waals surface area contributed by atoms with Crippen LogP contribution in [0, 0.1) is 5.82 Å². The Morgan fingerprint density at radius 3 is 2.55 bits per heavy atom. The highest BCUT2D eigenvalue weighted by Gasteiger charge is 2.43. The van der Waals surface area contributed by atoms with Gasteiger partial charge in [-0.15, -0.1) is 0 Å². The summed E-state index contributed by atoms with van der Waals surface area (Å²) in [5.41, 5.74) is 0.982. The number of halogens is 3. The van der Waals surface area contributed by atoms with Crippen LogP contribution in [0.5, 0.6) is 0 Å². The number of carbonyl (C=O) groups excluding carboxylic acids is 1. The first-order valence-electron chi connectivity index (χ1n) is 9.51. The SMILES string of the molecule is O=C1c2oc3ccc(Br)cc3c(=O)c2C(c2ccccc2F)N1Cc1ccccc1Cl. The Hall–Kier alpha value is -2.96. The van der Waals surface area contributed by atoms with Crippen molar-refractivity contribution in [2.45, 2.75) is 12.6 Å². The summed E-state index contributed by atoms with van der Waals surface area (Å²) in [5, 5.41) is 0.800. The third-order valence-electron chi connectivity index (χ3n) is 5.43. The summed E-state index contributed by atoms with van der Waals surface area (Å²) in [6, 6.07) is 17.3. The number of nitrogens with zero attached hydrogens (tertiary/aromatic N) is 1. The molecule has 7 heteroatoms. The van der Waals surface area contributed by atoms with Crippen LogP contribution >= 0.6 is 27.5 Å². The maximum absolute atomic E-state index is 14.9. The molecule has 0 saturated carbocycles. The van der Waals surface area contributed by atoms with E-state index in [2.05, 4.69) is 15.9 Å². The van der Waals surface area contributed by atoms with E-state index in [0.29, 0.717) is 26.0 Å².